The van der Waals surface area contributed by atoms with Crippen molar-refractivity contribution in [3.05, 3.63) is 71.9 Å². The Labute approximate surface area is 172 Å². The maximum atomic E-state index is 4.77. The second-order valence-electron chi connectivity index (χ2n) is 7.90. The molecular weight excluding hydrogens is 358 g/mol. The summed E-state index contributed by atoms with van der Waals surface area (Å²) in [6, 6.07) is 19.3. The third-order valence-electron chi connectivity index (χ3n) is 5.94. The zero-order chi connectivity index (χ0) is 19.5. The fourth-order valence-corrected chi connectivity index (χ4v) is 4.31. The summed E-state index contributed by atoms with van der Waals surface area (Å²) in [4.78, 5) is 14.0. The van der Waals surface area contributed by atoms with Crippen LogP contribution in [0.1, 0.15) is 30.4 Å². The van der Waals surface area contributed by atoms with E-state index in [1.807, 2.05) is 12.3 Å². The highest BCUT2D eigenvalue weighted by molar-refractivity contribution is 5.60. The lowest BCUT2D eigenvalue weighted by atomic mass is 10.00. The highest BCUT2D eigenvalue weighted by atomic mass is 15.2. The van der Waals surface area contributed by atoms with Gasteiger partial charge >= 0.3 is 0 Å². The molecule has 1 fully saturated rings. The Hall–Kier alpha value is -3.08. The summed E-state index contributed by atoms with van der Waals surface area (Å²) >= 11 is 0. The van der Waals surface area contributed by atoms with Crippen molar-refractivity contribution in [1.29, 1.82) is 0 Å². The predicted octanol–water partition coefficient (Wildman–Crippen LogP) is 4.77. The lowest BCUT2D eigenvalue weighted by molar-refractivity contribution is 0.578. The number of hydrogen-bond donors (Lipinski definition) is 1. The van der Waals surface area contributed by atoms with Crippen molar-refractivity contribution in [3.8, 4) is 0 Å². The molecule has 1 aromatic heterocycles. The van der Waals surface area contributed by atoms with E-state index in [4.69, 9.17) is 4.98 Å². The lowest BCUT2D eigenvalue weighted by Gasteiger charge is -2.30. The van der Waals surface area contributed by atoms with Crippen molar-refractivity contribution in [3.63, 3.8) is 0 Å². The molecule has 0 saturated carbocycles. The van der Waals surface area contributed by atoms with E-state index < -0.39 is 0 Å². The van der Waals surface area contributed by atoms with E-state index in [1.165, 1.54) is 36.1 Å². The highest BCUT2D eigenvalue weighted by Gasteiger charge is 2.17. The molecule has 0 amide bonds. The second-order valence-corrected chi connectivity index (χ2v) is 7.90. The van der Waals surface area contributed by atoms with Gasteiger partial charge in [-0.2, -0.15) is 4.98 Å². The fraction of sp³-hybridized carbons (Fsp3) is 0.333. The fourth-order valence-electron chi connectivity index (χ4n) is 4.31. The molecule has 1 N–H and O–H groups in total. The smallest absolute Gasteiger partial charge is 0.229 e. The van der Waals surface area contributed by atoms with Gasteiger partial charge in [0.05, 0.1) is 0 Å². The van der Waals surface area contributed by atoms with Gasteiger partial charge in [-0.3, -0.25) is 0 Å². The Morgan fingerprint density at radius 1 is 0.759 bits per heavy atom. The minimum absolute atomic E-state index is 0.645. The van der Waals surface area contributed by atoms with Crippen LogP contribution in [-0.2, 0) is 13.0 Å². The van der Waals surface area contributed by atoms with Crippen LogP contribution in [0, 0.1) is 0 Å². The largest absolute Gasteiger partial charge is 0.372 e. The van der Waals surface area contributed by atoms with Crippen LogP contribution < -0.4 is 15.1 Å². The number of nitrogens with zero attached hydrogens (tertiary/aromatic N) is 4. The quantitative estimate of drug-likeness (QED) is 0.701. The summed E-state index contributed by atoms with van der Waals surface area (Å²) in [6.45, 7) is 4.21. The lowest BCUT2D eigenvalue weighted by Crippen LogP contribution is -2.31. The van der Waals surface area contributed by atoms with Gasteiger partial charge in [-0.15, -0.1) is 0 Å². The molecule has 0 radical (unpaired) electrons. The molecule has 2 aliphatic rings. The van der Waals surface area contributed by atoms with Gasteiger partial charge in [-0.1, -0.05) is 24.3 Å². The van der Waals surface area contributed by atoms with E-state index in [1.54, 1.807) is 0 Å². The van der Waals surface area contributed by atoms with E-state index in [-0.39, 0.29) is 0 Å². The van der Waals surface area contributed by atoms with Gasteiger partial charge in [0.25, 0.3) is 0 Å². The molecular formula is C24H27N5. The van der Waals surface area contributed by atoms with E-state index >= 15 is 0 Å². The summed E-state index contributed by atoms with van der Waals surface area (Å²) in [5, 5.41) is 3.37. The maximum absolute atomic E-state index is 4.77. The number of benzene rings is 2. The van der Waals surface area contributed by atoms with E-state index in [9.17, 15) is 0 Å². The standard InChI is InChI=1S/C24H27N5/c1-4-15-28(16-5-1)22-10-8-21(9-11-22)26-24-25-14-12-23(27-24)29-17-13-19-6-2-3-7-20(19)18-29/h2-3,6-12,14H,1,4-5,13,15-18H2,(H,25,26,27). The predicted molar refractivity (Wildman–Crippen MR) is 119 cm³/mol. The van der Waals surface area contributed by atoms with Crippen LogP contribution in [-0.4, -0.2) is 29.6 Å². The first kappa shape index (κ1) is 18.0. The minimum atomic E-state index is 0.645. The third kappa shape index (κ3) is 4.04. The Morgan fingerprint density at radius 2 is 1.55 bits per heavy atom. The normalized spacial score (nSPS) is 16.4. The number of hydrogen-bond acceptors (Lipinski definition) is 5. The Kier molecular flexibility index (Phi) is 5.03. The molecule has 0 bridgehead atoms. The molecule has 1 saturated heterocycles. The van der Waals surface area contributed by atoms with Crippen molar-refractivity contribution < 1.29 is 0 Å². The van der Waals surface area contributed by atoms with Gasteiger partial charge < -0.3 is 15.1 Å². The molecule has 2 aromatic carbocycles. The first-order chi connectivity index (χ1) is 14.3. The highest BCUT2D eigenvalue weighted by Crippen LogP contribution is 2.25. The van der Waals surface area contributed by atoms with Crippen molar-refractivity contribution in [2.75, 3.05) is 34.8 Å². The van der Waals surface area contributed by atoms with Crippen LogP contribution in [0.3, 0.4) is 0 Å². The summed E-state index contributed by atoms with van der Waals surface area (Å²) < 4.78 is 0. The van der Waals surface area contributed by atoms with Crippen LogP contribution in [0.15, 0.2) is 60.8 Å². The maximum Gasteiger partial charge on any atom is 0.229 e. The molecule has 5 rings (SSSR count). The average Bonchev–Trinajstić information content (AvgIpc) is 2.80. The number of fused-ring (bicyclic) bond motifs is 1. The van der Waals surface area contributed by atoms with Gasteiger partial charge in [0, 0.05) is 43.8 Å². The average molecular weight is 386 g/mol. The molecule has 5 nitrogen and oxygen atoms in total. The van der Waals surface area contributed by atoms with Crippen molar-refractivity contribution in [1.82, 2.24) is 9.97 Å². The third-order valence-corrected chi connectivity index (χ3v) is 5.94. The first-order valence-electron chi connectivity index (χ1n) is 10.6. The molecule has 5 heteroatoms. The van der Waals surface area contributed by atoms with Gasteiger partial charge in [0.1, 0.15) is 5.82 Å². The number of piperidine rings is 1. The molecule has 2 aliphatic heterocycles. The van der Waals surface area contributed by atoms with E-state index in [0.717, 1.165) is 44.1 Å². The zero-order valence-electron chi connectivity index (χ0n) is 16.7. The molecule has 29 heavy (non-hydrogen) atoms. The van der Waals surface area contributed by atoms with Crippen molar-refractivity contribution >= 4 is 23.1 Å². The van der Waals surface area contributed by atoms with Gasteiger partial charge in [0.2, 0.25) is 5.95 Å². The Bertz CT molecular complexity index is 963. The van der Waals surface area contributed by atoms with Gasteiger partial charge in [-0.25, -0.2) is 4.98 Å². The van der Waals surface area contributed by atoms with Crippen LogP contribution in [0.4, 0.5) is 23.1 Å². The monoisotopic (exact) mass is 385 g/mol. The summed E-state index contributed by atoms with van der Waals surface area (Å²) in [5.74, 6) is 1.62. The topological polar surface area (TPSA) is 44.3 Å². The second kappa shape index (κ2) is 8.11. The van der Waals surface area contributed by atoms with Crippen LogP contribution in [0.25, 0.3) is 0 Å². The number of aromatic nitrogens is 2. The van der Waals surface area contributed by atoms with E-state index in [0.29, 0.717) is 5.95 Å². The van der Waals surface area contributed by atoms with Crippen LogP contribution in [0.2, 0.25) is 0 Å². The molecule has 0 spiro atoms. The summed E-state index contributed by atoms with van der Waals surface area (Å²) in [5.41, 5.74) is 5.16. The molecule has 3 heterocycles. The zero-order valence-corrected chi connectivity index (χ0v) is 16.7. The SMILES string of the molecule is c1ccc2c(c1)CCN(c1ccnc(Nc3ccc(N4CCCCC4)cc3)n1)C2. The number of anilines is 4. The Morgan fingerprint density at radius 3 is 2.38 bits per heavy atom. The van der Waals surface area contributed by atoms with Gasteiger partial charge in [0.15, 0.2) is 0 Å². The number of nitrogens with one attached hydrogen (secondary N) is 1. The van der Waals surface area contributed by atoms with Crippen molar-refractivity contribution in [2.24, 2.45) is 0 Å². The molecule has 0 unspecified atom stereocenters. The molecule has 148 valence electrons. The minimum Gasteiger partial charge on any atom is -0.372 e. The van der Waals surface area contributed by atoms with Crippen LogP contribution >= 0.6 is 0 Å². The first-order valence-corrected chi connectivity index (χ1v) is 10.6. The Balaban J connectivity index is 1.28. The molecule has 0 aliphatic carbocycles. The molecule has 0 atom stereocenters. The summed E-state index contributed by atoms with van der Waals surface area (Å²) in [7, 11) is 0. The van der Waals surface area contributed by atoms with Crippen molar-refractivity contribution in [2.45, 2.75) is 32.2 Å². The summed E-state index contributed by atoms with van der Waals surface area (Å²) in [6.07, 6.45) is 6.84. The number of rotatable bonds is 4. The van der Waals surface area contributed by atoms with Gasteiger partial charge in [-0.05, 0) is 67.1 Å². The van der Waals surface area contributed by atoms with E-state index in [2.05, 4.69) is 68.6 Å². The molecule has 3 aromatic rings. The van der Waals surface area contributed by atoms with Crippen LogP contribution in [0.5, 0.6) is 0 Å².